The highest BCUT2D eigenvalue weighted by Gasteiger charge is 1.95. The molecule has 0 N–H and O–H groups in total. The smallest absolute Gasteiger partial charge is 0.243 e. The molecule has 1 amide bonds. The van der Waals surface area contributed by atoms with Crippen LogP contribution in [0.2, 0.25) is 0 Å². The van der Waals surface area contributed by atoms with Crippen molar-refractivity contribution in [2.24, 2.45) is 0 Å². The van der Waals surface area contributed by atoms with Crippen LogP contribution in [0.15, 0.2) is 24.3 Å². The van der Waals surface area contributed by atoms with Gasteiger partial charge in [0.15, 0.2) is 0 Å². The third-order valence-electron chi connectivity index (χ3n) is 1.32. The number of aryl methyl sites for hydroxylation is 1. The second-order valence-corrected chi connectivity index (χ2v) is 2.47. The molecule has 2 nitrogen and oxygen atoms in total. The second-order valence-electron chi connectivity index (χ2n) is 2.47. The minimum absolute atomic E-state index is 0.158. The van der Waals surface area contributed by atoms with Crippen LogP contribution >= 0.6 is 0 Å². The van der Waals surface area contributed by atoms with Crippen LogP contribution in [0.1, 0.15) is 12.5 Å². The maximum absolute atomic E-state index is 10.5. The van der Waals surface area contributed by atoms with E-state index in [0.717, 1.165) is 5.69 Å². The molecule has 1 aromatic rings. The molecule has 0 aliphatic heterocycles. The zero-order valence-corrected chi connectivity index (χ0v) is 6.66. The van der Waals surface area contributed by atoms with Gasteiger partial charge in [-0.05, 0) is 19.1 Å². The Morgan fingerprint density at radius 1 is 1.27 bits per heavy atom. The summed E-state index contributed by atoms with van der Waals surface area (Å²) in [7, 11) is 0. The van der Waals surface area contributed by atoms with Crippen LogP contribution in [0.4, 0.5) is 5.69 Å². The molecule has 1 radical (unpaired) electrons. The molecule has 0 fully saturated rings. The van der Waals surface area contributed by atoms with Crippen LogP contribution in [0.5, 0.6) is 0 Å². The van der Waals surface area contributed by atoms with Crippen LogP contribution in [0, 0.1) is 6.92 Å². The van der Waals surface area contributed by atoms with Gasteiger partial charge in [-0.15, -0.1) is 0 Å². The predicted molar refractivity (Wildman–Crippen MR) is 43.7 cm³/mol. The minimum atomic E-state index is -0.158. The molecule has 11 heavy (non-hydrogen) atoms. The number of carbonyl (C=O) groups is 1. The Hall–Kier alpha value is -1.31. The molecule has 57 valence electrons. The van der Waals surface area contributed by atoms with E-state index < -0.39 is 0 Å². The highest BCUT2D eigenvalue weighted by Crippen LogP contribution is 2.07. The van der Waals surface area contributed by atoms with Crippen molar-refractivity contribution in [2.45, 2.75) is 13.8 Å². The number of hydrogen-bond donors (Lipinski definition) is 0. The SMILES string of the molecule is CC(=O)[N]c1ccc(C)cc1. The van der Waals surface area contributed by atoms with Crippen LogP contribution < -0.4 is 5.32 Å². The summed E-state index contributed by atoms with van der Waals surface area (Å²) in [5.41, 5.74) is 1.90. The zero-order valence-electron chi connectivity index (χ0n) is 6.66. The first-order chi connectivity index (χ1) is 5.18. The molecule has 0 saturated heterocycles. The van der Waals surface area contributed by atoms with Gasteiger partial charge in [0.2, 0.25) is 5.91 Å². The van der Waals surface area contributed by atoms with Gasteiger partial charge < -0.3 is 0 Å². The molecule has 1 rings (SSSR count). The lowest BCUT2D eigenvalue weighted by molar-refractivity contribution is -0.118. The molecule has 0 bridgehead atoms. The Morgan fingerprint density at radius 3 is 2.27 bits per heavy atom. The maximum Gasteiger partial charge on any atom is 0.243 e. The average molecular weight is 148 g/mol. The van der Waals surface area contributed by atoms with Crippen LogP contribution in [-0.4, -0.2) is 5.91 Å². The summed E-state index contributed by atoms with van der Waals surface area (Å²) in [6.45, 7) is 3.44. The van der Waals surface area contributed by atoms with E-state index in [9.17, 15) is 4.79 Å². The first-order valence-electron chi connectivity index (χ1n) is 3.47. The summed E-state index contributed by atoms with van der Waals surface area (Å²) in [6.07, 6.45) is 0. The monoisotopic (exact) mass is 148 g/mol. The number of benzene rings is 1. The van der Waals surface area contributed by atoms with E-state index in [1.165, 1.54) is 12.5 Å². The van der Waals surface area contributed by atoms with E-state index in [1.54, 1.807) is 0 Å². The Kier molecular flexibility index (Phi) is 2.26. The molecule has 1 aromatic carbocycles. The van der Waals surface area contributed by atoms with Gasteiger partial charge in [0.25, 0.3) is 0 Å². The van der Waals surface area contributed by atoms with Gasteiger partial charge in [0.05, 0.1) is 5.69 Å². The summed E-state index contributed by atoms with van der Waals surface area (Å²) in [6, 6.07) is 7.52. The number of rotatable bonds is 1. The minimum Gasteiger partial charge on any atom is -0.273 e. The number of hydrogen-bond acceptors (Lipinski definition) is 1. The summed E-state index contributed by atoms with van der Waals surface area (Å²) >= 11 is 0. The summed E-state index contributed by atoms with van der Waals surface area (Å²) in [5, 5.41) is 3.76. The highest BCUT2D eigenvalue weighted by atomic mass is 16.1. The zero-order chi connectivity index (χ0) is 8.27. The van der Waals surface area contributed by atoms with Crippen molar-refractivity contribution >= 4 is 11.6 Å². The van der Waals surface area contributed by atoms with Crippen molar-refractivity contribution in [1.29, 1.82) is 0 Å². The van der Waals surface area contributed by atoms with Gasteiger partial charge in [0, 0.05) is 6.92 Å². The van der Waals surface area contributed by atoms with Crippen LogP contribution in [-0.2, 0) is 4.79 Å². The quantitative estimate of drug-likeness (QED) is 0.597. The Bertz CT molecular complexity index is 251. The topological polar surface area (TPSA) is 31.2 Å². The van der Waals surface area contributed by atoms with Crippen molar-refractivity contribution < 1.29 is 4.79 Å². The van der Waals surface area contributed by atoms with Gasteiger partial charge >= 0.3 is 0 Å². The second kappa shape index (κ2) is 3.19. The third kappa shape index (κ3) is 2.42. The largest absolute Gasteiger partial charge is 0.273 e. The molecule has 2 heteroatoms. The van der Waals surface area contributed by atoms with Gasteiger partial charge in [-0.1, -0.05) is 17.7 Å². The number of nitrogens with zero attached hydrogens (tertiary/aromatic N) is 1. The molecule has 0 aromatic heterocycles. The molecule has 0 spiro atoms. The fourth-order valence-electron chi connectivity index (χ4n) is 0.801. The molecule has 0 saturated carbocycles. The summed E-state index contributed by atoms with van der Waals surface area (Å²) in [5.74, 6) is -0.158. The van der Waals surface area contributed by atoms with Gasteiger partial charge in [-0.25, -0.2) is 5.32 Å². The fourth-order valence-corrected chi connectivity index (χ4v) is 0.801. The highest BCUT2D eigenvalue weighted by molar-refractivity contribution is 5.77. The van der Waals surface area contributed by atoms with E-state index in [4.69, 9.17) is 0 Å². The summed E-state index contributed by atoms with van der Waals surface area (Å²) < 4.78 is 0. The summed E-state index contributed by atoms with van der Waals surface area (Å²) in [4.78, 5) is 10.5. The lowest BCUT2D eigenvalue weighted by atomic mass is 10.2. The Balaban J connectivity index is 2.74. The Morgan fingerprint density at radius 2 is 1.82 bits per heavy atom. The van der Waals surface area contributed by atoms with Crippen LogP contribution in [0.25, 0.3) is 0 Å². The van der Waals surface area contributed by atoms with Gasteiger partial charge in [-0.3, -0.25) is 4.79 Å². The van der Waals surface area contributed by atoms with Crippen LogP contribution in [0.3, 0.4) is 0 Å². The third-order valence-corrected chi connectivity index (χ3v) is 1.32. The van der Waals surface area contributed by atoms with E-state index >= 15 is 0 Å². The van der Waals surface area contributed by atoms with Gasteiger partial charge in [0.1, 0.15) is 0 Å². The normalized spacial score (nSPS) is 9.27. The number of amides is 1. The molecular formula is C9H10NO. The molecule has 0 aliphatic rings. The average Bonchev–Trinajstić information content (AvgIpc) is 1.93. The maximum atomic E-state index is 10.5. The first-order valence-corrected chi connectivity index (χ1v) is 3.47. The predicted octanol–water partition coefficient (Wildman–Crippen LogP) is 1.78. The van der Waals surface area contributed by atoms with E-state index in [0.29, 0.717) is 0 Å². The van der Waals surface area contributed by atoms with Crippen molar-refractivity contribution in [3.05, 3.63) is 29.8 Å². The molecule has 0 atom stereocenters. The fraction of sp³-hybridized carbons (Fsp3) is 0.222. The molecule has 0 aliphatic carbocycles. The first kappa shape index (κ1) is 7.79. The molecular weight excluding hydrogens is 138 g/mol. The van der Waals surface area contributed by atoms with Crippen molar-refractivity contribution in [2.75, 3.05) is 0 Å². The lowest BCUT2D eigenvalue weighted by Crippen LogP contribution is -2.03. The lowest BCUT2D eigenvalue weighted by Gasteiger charge is -1.97. The molecule has 0 heterocycles. The van der Waals surface area contributed by atoms with Gasteiger partial charge in [-0.2, -0.15) is 0 Å². The standard InChI is InChI=1S/C9H10NO/c1-7-3-5-9(6-4-7)10-8(2)11/h3-6H,1-2H3. The van der Waals surface area contributed by atoms with Crippen molar-refractivity contribution in [3.8, 4) is 0 Å². The van der Waals surface area contributed by atoms with Crippen molar-refractivity contribution in [1.82, 2.24) is 5.32 Å². The van der Waals surface area contributed by atoms with E-state index in [1.807, 2.05) is 31.2 Å². The van der Waals surface area contributed by atoms with E-state index in [-0.39, 0.29) is 5.91 Å². The van der Waals surface area contributed by atoms with Crippen molar-refractivity contribution in [3.63, 3.8) is 0 Å². The van der Waals surface area contributed by atoms with E-state index in [2.05, 4.69) is 5.32 Å². The Labute approximate surface area is 66.2 Å². The number of carbonyl (C=O) groups excluding carboxylic acids is 1. The molecule has 0 unspecified atom stereocenters.